The minimum atomic E-state index is -4.35. The van der Waals surface area contributed by atoms with Crippen LogP contribution in [0.5, 0.6) is 0 Å². The number of hydrogen-bond donors (Lipinski definition) is 2. The van der Waals surface area contributed by atoms with Gasteiger partial charge < -0.3 is 20.1 Å². The van der Waals surface area contributed by atoms with Crippen LogP contribution in [0, 0.1) is 0 Å². The Hall–Kier alpha value is -1.84. The quantitative estimate of drug-likeness (QED) is 0.670. The van der Waals surface area contributed by atoms with Gasteiger partial charge in [-0.05, 0) is 18.1 Å². The van der Waals surface area contributed by atoms with Crippen molar-refractivity contribution in [3.05, 3.63) is 35.4 Å². The summed E-state index contributed by atoms with van der Waals surface area (Å²) in [6.45, 7) is 4.23. The standard InChI is InChI=1S/C18H26F3N3O3/c1-14-11-24(6-8-27-14)12-16-4-2-3-15(9-16)10-23-17(25)22-5-7-26-13-18(19,20)21/h2-4,9,14H,5-8,10-13H2,1H3,(H2,22,23,25). The summed E-state index contributed by atoms with van der Waals surface area (Å²) in [5, 5.41) is 5.14. The van der Waals surface area contributed by atoms with Gasteiger partial charge in [0.05, 0.1) is 19.3 Å². The molecule has 9 heteroatoms. The molecule has 0 aromatic heterocycles. The Kier molecular flexibility index (Phi) is 8.33. The van der Waals surface area contributed by atoms with Gasteiger partial charge in [0.2, 0.25) is 0 Å². The fourth-order valence-corrected chi connectivity index (χ4v) is 2.80. The highest BCUT2D eigenvalue weighted by Crippen LogP contribution is 2.14. The molecule has 1 fully saturated rings. The predicted molar refractivity (Wildman–Crippen MR) is 94.2 cm³/mol. The van der Waals surface area contributed by atoms with Crippen molar-refractivity contribution in [2.45, 2.75) is 32.3 Å². The van der Waals surface area contributed by atoms with E-state index in [2.05, 4.69) is 27.2 Å². The van der Waals surface area contributed by atoms with Gasteiger partial charge in [0, 0.05) is 32.7 Å². The van der Waals surface area contributed by atoms with Crippen molar-refractivity contribution in [3.63, 3.8) is 0 Å². The molecule has 0 aliphatic carbocycles. The summed E-state index contributed by atoms with van der Waals surface area (Å²) in [7, 11) is 0. The van der Waals surface area contributed by atoms with Crippen LogP contribution in [0.4, 0.5) is 18.0 Å². The maximum absolute atomic E-state index is 11.9. The van der Waals surface area contributed by atoms with E-state index in [9.17, 15) is 18.0 Å². The Balaban J connectivity index is 1.67. The second-order valence-corrected chi connectivity index (χ2v) is 6.51. The fraction of sp³-hybridized carbons (Fsp3) is 0.611. The van der Waals surface area contributed by atoms with Crippen molar-refractivity contribution < 1.29 is 27.4 Å². The lowest BCUT2D eigenvalue weighted by atomic mass is 10.1. The van der Waals surface area contributed by atoms with Crippen molar-refractivity contribution >= 4 is 6.03 Å². The second-order valence-electron chi connectivity index (χ2n) is 6.51. The molecule has 1 heterocycles. The molecular formula is C18H26F3N3O3. The van der Waals surface area contributed by atoms with Crippen molar-refractivity contribution in [3.8, 4) is 0 Å². The highest BCUT2D eigenvalue weighted by atomic mass is 19.4. The number of urea groups is 1. The molecule has 0 saturated carbocycles. The van der Waals surface area contributed by atoms with Gasteiger partial charge in [-0.15, -0.1) is 0 Å². The van der Waals surface area contributed by atoms with E-state index >= 15 is 0 Å². The molecular weight excluding hydrogens is 363 g/mol. The van der Waals surface area contributed by atoms with Crippen LogP contribution in [0.2, 0.25) is 0 Å². The third-order valence-electron chi connectivity index (χ3n) is 3.97. The first-order valence-corrected chi connectivity index (χ1v) is 8.90. The van der Waals surface area contributed by atoms with Crippen molar-refractivity contribution in [2.75, 3.05) is 39.5 Å². The largest absolute Gasteiger partial charge is 0.411 e. The number of amides is 2. The van der Waals surface area contributed by atoms with E-state index in [1.807, 2.05) is 24.3 Å². The van der Waals surface area contributed by atoms with Gasteiger partial charge in [0.1, 0.15) is 6.61 Å². The van der Waals surface area contributed by atoms with E-state index in [1.165, 1.54) is 0 Å². The lowest BCUT2D eigenvalue weighted by molar-refractivity contribution is -0.173. The normalized spacial score (nSPS) is 18.3. The molecule has 1 aliphatic rings. The molecule has 0 spiro atoms. The van der Waals surface area contributed by atoms with Crippen LogP contribution in [0.3, 0.4) is 0 Å². The number of carbonyl (C=O) groups is 1. The molecule has 1 atom stereocenters. The van der Waals surface area contributed by atoms with E-state index in [1.54, 1.807) is 0 Å². The number of nitrogens with one attached hydrogen (secondary N) is 2. The SMILES string of the molecule is CC1CN(Cc2cccc(CNC(=O)NCCOCC(F)(F)F)c2)CCO1. The van der Waals surface area contributed by atoms with Gasteiger partial charge in [-0.25, -0.2) is 4.79 Å². The minimum absolute atomic E-state index is 0.0111. The molecule has 2 rings (SSSR count). The van der Waals surface area contributed by atoms with E-state index in [0.717, 1.165) is 37.4 Å². The zero-order valence-electron chi connectivity index (χ0n) is 15.3. The number of ether oxygens (including phenoxy) is 2. The van der Waals surface area contributed by atoms with Crippen LogP contribution in [0.15, 0.2) is 24.3 Å². The second kappa shape index (κ2) is 10.5. The van der Waals surface area contributed by atoms with Gasteiger partial charge in [0.25, 0.3) is 0 Å². The molecule has 1 aromatic rings. The summed E-state index contributed by atoms with van der Waals surface area (Å²) in [6.07, 6.45) is -4.13. The maximum atomic E-state index is 11.9. The number of hydrogen-bond acceptors (Lipinski definition) is 4. The summed E-state index contributed by atoms with van der Waals surface area (Å²) in [6, 6.07) is 7.49. The molecule has 2 N–H and O–H groups in total. The number of halogens is 3. The number of nitrogens with zero attached hydrogens (tertiary/aromatic N) is 1. The third kappa shape index (κ3) is 9.07. The topological polar surface area (TPSA) is 62.8 Å². The molecule has 1 aromatic carbocycles. The van der Waals surface area contributed by atoms with Gasteiger partial charge in [-0.2, -0.15) is 13.2 Å². The predicted octanol–water partition coefficient (Wildman–Crippen LogP) is 2.29. The zero-order chi connectivity index (χ0) is 19.7. The highest BCUT2D eigenvalue weighted by molar-refractivity contribution is 5.73. The Morgan fingerprint density at radius 3 is 2.85 bits per heavy atom. The first-order valence-electron chi connectivity index (χ1n) is 8.90. The lowest BCUT2D eigenvalue weighted by Crippen LogP contribution is -2.40. The van der Waals surface area contributed by atoms with E-state index < -0.39 is 18.8 Å². The average Bonchev–Trinajstić information content (AvgIpc) is 2.59. The zero-order valence-corrected chi connectivity index (χ0v) is 15.3. The summed E-state index contributed by atoms with van der Waals surface area (Å²) < 4.78 is 45.7. The van der Waals surface area contributed by atoms with Crippen LogP contribution in [0.1, 0.15) is 18.1 Å². The number of alkyl halides is 3. The first-order chi connectivity index (χ1) is 12.8. The van der Waals surface area contributed by atoms with E-state index in [0.29, 0.717) is 6.54 Å². The molecule has 152 valence electrons. The van der Waals surface area contributed by atoms with Gasteiger partial charge >= 0.3 is 12.2 Å². The highest BCUT2D eigenvalue weighted by Gasteiger charge is 2.27. The monoisotopic (exact) mass is 389 g/mol. The maximum Gasteiger partial charge on any atom is 0.411 e. The molecule has 1 saturated heterocycles. The smallest absolute Gasteiger partial charge is 0.376 e. The molecule has 0 bridgehead atoms. The minimum Gasteiger partial charge on any atom is -0.376 e. The van der Waals surface area contributed by atoms with Crippen LogP contribution < -0.4 is 10.6 Å². The Morgan fingerprint density at radius 2 is 2.11 bits per heavy atom. The summed E-state index contributed by atoms with van der Waals surface area (Å²) in [5.74, 6) is 0. The molecule has 2 amide bonds. The summed E-state index contributed by atoms with van der Waals surface area (Å²) in [5.41, 5.74) is 2.11. The molecule has 27 heavy (non-hydrogen) atoms. The van der Waals surface area contributed by atoms with Crippen molar-refractivity contribution in [1.29, 1.82) is 0 Å². The third-order valence-corrected chi connectivity index (χ3v) is 3.97. The first kappa shape index (κ1) is 21.5. The molecule has 1 unspecified atom stereocenters. The Morgan fingerprint density at radius 1 is 1.33 bits per heavy atom. The van der Waals surface area contributed by atoms with Gasteiger partial charge in [0.15, 0.2) is 0 Å². The summed E-state index contributed by atoms with van der Waals surface area (Å²) >= 11 is 0. The average molecular weight is 389 g/mol. The van der Waals surface area contributed by atoms with Crippen LogP contribution >= 0.6 is 0 Å². The molecule has 6 nitrogen and oxygen atoms in total. The van der Waals surface area contributed by atoms with Crippen LogP contribution in [0.25, 0.3) is 0 Å². The molecule has 0 radical (unpaired) electrons. The number of benzene rings is 1. The Bertz CT molecular complexity index is 599. The van der Waals surface area contributed by atoms with Gasteiger partial charge in [-0.1, -0.05) is 24.3 Å². The number of morpholine rings is 1. The summed E-state index contributed by atoms with van der Waals surface area (Å²) in [4.78, 5) is 14.0. The van der Waals surface area contributed by atoms with Gasteiger partial charge in [-0.3, -0.25) is 4.90 Å². The fourth-order valence-electron chi connectivity index (χ4n) is 2.80. The van der Waals surface area contributed by atoms with Crippen LogP contribution in [-0.4, -0.2) is 62.7 Å². The Labute approximate surface area is 157 Å². The number of carbonyl (C=O) groups excluding carboxylic acids is 1. The molecule has 1 aliphatic heterocycles. The number of rotatable bonds is 8. The lowest BCUT2D eigenvalue weighted by Gasteiger charge is -2.31. The van der Waals surface area contributed by atoms with E-state index in [-0.39, 0.29) is 19.3 Å². The van der Waals surface area contributed by atoms with E-state index in [4.69, 9.17) is 4.74 Å². The van der Waals surface area contributed by atoms with Crippen molar-refractivity contribution in [1.82, 2.24) is 15.5 Å². The van der Waals surface area contributed by atoms with Crippen molar-refractivity contribution in [2.24, 2.45) is 0 Å². The van der Waals surface area contributed by atoms with Crippen LogP contribution in [-0.2, 0) is 22.6 Å².